The molecule has 3 aromatic rings. The molecular weight excluding hydrogens is 344 g/mol. The molecule has 0 atom stereocenters. The lowest BCUT2D eigenvalue weighted by molar-refractivity contribution is 0.103. The molecule has 0 fully saturated rings. The summed E-state index contributed by atoms with van der Waals surface area (Å²) in [6, 6.07) is 9.64. The van der Waals surface area contributed by atoms with Gasteiger partial charge in [0.1, 0.15) is 0 Å². The van der Waals surface area contributed by atoms with Gasteiger partial charge in [-0.15, -0.1) is 11.3 Å². The molecule has 2 heterocycles. The molecule has 0 unspecified atom stereocenters. The standard InChI is InChI=1S/C13H9BrN2OS2/c1-7-2-5-10(18-7)12(17)16-13-15-9-4-3-8(14)6-11(9)19-13/h2-6H,1H3,(H,15,16,17). The van der Waals surface area contributed by atoms with Crippen LogP contribution < -0.4 is 5.32 Å². The minimum Gasteiger partial charge on any atom is -0.297 e. The number of aryl methyl sites for hydroxylation is 1. The molecule has 0 aliphatic carbocycles. The molecule has 1 amide bonds. The average Bonchev–Trinajstić information content (AvgIpc) is 2.94. The van der Waals surface area contributed by atoms with Gasteiger partial charge in [0.25, 0.3) is 5.91 Å². The van der Waals surface area contributed by atoms with E-state index in [0.29, 0.717) is 10.0 Å². The number of hydrogen-bond acceptors (Lipinski definition) is 4. The fourth-order valence-corrected chi connectivity index (χ4v) is 3.84. The van der Waals surface area contributed by atoms with Crippen LogP contribution in [0.15, 0.2) is 34.8 Å². The quantitative estimate of drug-likeness (QED) is 0.727. The van der Waals surface area contributed by atoms with Crippen LogP contribution in [0.25, 0.3) is 10.2 Å². The van der Waals surface area contributed by atoms with Crippen molar-refractivity contribution in [2.24, 2.45) is 0 Å². The van der Waals surface area contributed by atoms with E-state index in [2.05, 4.69) is 26.2 Å². The fraction of sp³-hybridized carbons (Fsp3) is 0.0769. The molecule has 1 N–H and O–H groups in total. The number of nitrogens with one attached hydrogen (secondary N) is 1. The van der Waals surface area contributed by atoms with Crippen LogP contribution in [0.2, 0.25) is 0 Å². The van der Waals surface area contributed by atoms with Crippen LogP contribution in [0.3, 0.4) is 0 Å². The minimum atomic E-state index is -0.101. The van der Waals surface area contributed by atoms with Crippen LogP contribution in [0.1, 0.15) is 14.5 Å². The van der Waals surface area contributed by atoms with Crippen LogP contribution in [0.5, 0.6) is 0 Å². The smallest absolute Gasteiger partial charge is 0.267 e. The van der Waals surface area contributed by atoms with Crippen LogP contribution >= 0.6 is 38.6 Å². The number of carbonyl (C=O) groups is 1. The normalized spacial score (nSPS) is 10.8. The molecule has 3 rings (SSSR count). The summed E-state index contributed by atoms with van der Waals surface area (Å²) in [4.78, 5) is 18.3. The highest BCUT2D eigenvalue weighted by Crippen LogP contribution is 2.29. The molecule has 0 bridgehead atoms. The third-order valence-electron chi connectivity index (χ3n) is 2.54. The van der Waals surface area contributed by atoms with Crippen LogP contribution in [-0.4, -0.2) is 10.9 Å². The second-order valence-corrected chi connectivity index (χ2v) is 7.23. The maximum Gasteiger partial charge on any atom is 0.267 e. The number of fused-ring (bicyclic) bond motifs is 1. The Morgan fingerprint density at radius 2 is 2.11 bits per heavy atom. The van der Waals surface area contributed by atoms with E-state index >= 15 is 0 Å². The molecule has 0 aliphatic rings. The van der Waals surface area contributed by atoms with Gasteiger partial charge in [-0.3, -0.25) is 10.1 Å². The molecule has 0 saturated carbocycles. The van der Waals surface area contributed by atoms with Gasteiger partial charge in [-0.2, -0.15) is 0 Å². The molecule has 2 aromatic heterocycles. The van der Waals surface area contributed by atoms with Crippen molar-refractivity contribution in [1.29, 1.82) is 0 Å². The lowest BCUT2D eigenvalue weighted by Gasteiger charge is -1.97. The first-order valence-corrected chi connectivity index (χ1v) is 7.98. The van der Waals surface area contributed by atoms with E-state index in [0.717, 1.165) is 19.6 Å². The van der Waals surface area contributed by atoms with Crippen LogP contribution in [-0.2, 0) is 0 Å². The third-order valence-corrected chi connectivity index (χ3v) is 4.96. The van der Waals surface area contributed by atoms with E-state index in [1.165, 1.54) is 22.7 Å². The predicted molar refractivity (Wildman–Crippen MR) is 84.3 cm³/mol. The zero-order valence-corrected chi connectivity index (χ0v) is 13.2. The van der Waals surface area contributed by atoms with E-state index in [-0.39, 0.29) is 5.91 Å². The number of hydrogen-bond donors (Lipinski definition) is 1. The number of amides is 1. The van der Waals surface area contributed by atoms with E-state index in [1.807, 2.05) is 37.3 Å². The van der Waals surface area contributed by atoms with Crippen LogP contribution in [0, 0.1) is 6.92 Å². The highest BCUT2D eigenvalue weighted by atomic mass is 79.9. The Balaban J connectivity index is 1.87. The second kappa shape index (κ2) is 5.03. The number of thiophene rings is 1. The molecule has 0 aliphatic heterocycles. The summed E-state index contributed by atoms with van der Waals surface area (Å²) in [5.74, 6) is -0.101. The van der Waals surface area contributed by atoms with E-state index < -0.39 is 0 Å². The summed E-state index contributed by atoms with van der Waals surface area (Å²) < 4.78 is 2.06. The van der Waals surface area contributed by atoms with Gasteiger partial charge in [0.2, 0.25) is 0 Å². The summed E-state index contributed by atoms with van der Waals surface area (Å²) in [5.41, 5.74) is 0.894. The summed E-state index contributed by atoms with van der Waals surface area (Å²) in [6.07, 6.45) is 0. The van der Waals surface area contributed by atoms with Crippen molar-refractivity contribution in [1.82, 2.24) is 4.98 Å². The van der Waals surface area contributed by atoms with Gasteiger partial charge in [-0.1, -0.05) is 27.3 Å². The van der Waals surface area contributed by atoms with Crippen molar-refractivity contribution >= 4 is 59.9 Å². The number of nitrogens with zero attached hydrogens (tertiary/aromatic N) is 1. The highest BCUT2D eigenvalue weighted by Gasteiger charge is 2.11. The molecule has 0 spiro atoms. The molecule has 0 saturated heterocycles. The zero-order chi connectivity index (χ0) is 13.4. The Morgan fingerprint density at radius 1 is 1.26 bits per heavy atom. The van der Waals surface area contributed by atoms with E-state index in [9.17, 15) is 4.79 Å². The number of rotatable bonds is 2. The monoisotopic (exact) mass is 352 g/mol. The first kappa shape index (κ1) is 12.8. The van der Waals surface area contributed by atoms with E-state index in [4.69, 9.17) is 0 Å². The molecule has 19 heavy (non-hydrogen) atoms. The van der Waals surface area contributed by atoms with Gasteiger partial charge in [-0.25, -0.2) is 4.98 Å². The largest absolute Gasteiger partial charge is 0.297 e. The fourth-order valence-electron chi connectivity index (χ4n) is 1.67. The Hall–Kier alpha value is -1.24. The Bertz CT molecular complexity index is 763. The van der Waals surface area contributed by atoms with Gasteiger partial charge in [-0.05, 0) is 37.3 Å². The summed E-state index contributed by atoms with van der Waals surface area (Å²) in [5, 5.41) is 3.47. The van der Waals surface area contributed by atoms with Gasteiger partial charge in [0.05, 0.1) is 15.1 Å². The van der Waals surface area contributed by atoms with Crippen molar-refractivity contribution in [2.75, 3.05) is 5.32 Å². The van der Waals surface area contributed by atoms with Crippen molar-refractivity contribution in [2.45, 2.75) is 6.92 Å². The molecular formula is C13H9BrN2OS2. The minimum absolute atomic E-state index is 0.101. The summed E-state index contributed by atoms with van der Waals surface area (Å²) >= 11 is 6.38. The van der Waals surface area contributed by atoms with Gasteiger partial charge in [0, 0.05) is 9.35 Å². The number of anilines is 1. The topological polar surface area (TPSA) is 42.0 Å². The van der Waals surface area contributed by atoms with Crippen LogP contribution in [0.4, 0.5) is 5.13 Å². The first-order chi connectivity index (χ1) is 9.11. The number of thiazole rings is 1. The molecule has 6 heteroatoms. The maximum absolute atomic E-state index is 12.0. The van der Waals surface area contributed by atoms with E-state index in [1.54, 1.807) is 0 Å². The molecule has 0 radical (unpaired) electrons. The second-order valence-electron chi connectivity index (χ2n) is 4.00. The maximum atomic E-state index is 12.0. The van der Waals surface area contributed by atoms with Gasteiger partial charge >= 0.3 is 0 Å². The van der Waals surface area contributed by atoms with Crippen molar-refractivity contribution in [3.8, 4) is 0 Å². The SMILES string of the molecule is Cc1ccc(C(=O)Nc2nc3ccc(Br)cc3s2)s1. The van der Waals surface area contributed by atoms with Gasteiger partial charge in [0.15, 0.2) is 5.13 Å². The number of benzene rings is 1. The Labute approximate surface area is 126 Å². The number of carbonyl (C=O) groups excluding carboxylic acids is 1. The van der Waals surface area contributed by atoms with Crippen molar-refractivity contribution < 1.29 is 4.79 Å². The summed E-state index contributed by atoms with van der Waals surface area (Å²) in [7, 11) is 0. The third kappa shape index (κ3) is 2.70. The lowest BCUT2D eigenvalue weighted by Crippen LogP contribution is -2.09. The number of aromatic nitrogens is 1. The highest BCUT2D eigenvalue weighted by molar-refractivity contribution is 9.10. The first-order valence-electron chi connectivity index (χ1n) is 5.56. The Morgan fingerprint density at radius 3 is 2.84 bits per heavy atom. The Kier molecular flexibility index (Phi) is 3.38. The lowest BCUT2D eigenvalue weighted by atomic mass is 10.3. The molecule has 3 nitrogen and oxygen atoms in total. The number of halogens is 1. The molecule has 1 aromatic carbocycles. The van der Waals surface area contributed by atoms with Gasteiger partial charge < -0.3 is 0 Å². The van der Waals surface area contributed by atoms with Crippen molar-refractivity contribution in [3.63, 3.8) is 0 Å². The van der Waals surface area contributed by atoms with Crippen molar-refractivity contribution in [3.05, 3.63) is 44.6 Å². The predicted octanol–water partition coefficient (Wildman–Crippen LogP) is 4.68. The molecule has 96 valence electrons. The zero-order valence-electron chi connectivity index (χ0n) is 9.94. The average molecular weight is 353 g/mol. The summed E-state index contributed by atoms with van der Waals surface area (Å²) in [6.45, 7) is 1.98.